The Morgan fingerprint density at radius 1 is 1.45 bits per heavy atom. The fraction of sp³-hybridized carbons (Fsp3) is 0.333. The molecule has 0 fully saturated rings. The SMILES string of the molecule is CCCn1ccnc1CNc1cccc(C(=O)O)c1C. The van der Waals surface area contributed by atoms with Gasteiger partial charge >= 0.3 is 5.97 Å². The van der Waals surface area contributed by atoms with E-state index in [9.17, 15) is 4.79 Å². The second kappa shape index (κ2) is 6.23. The van der Waals surface area contributed by atoms with E-state index in [4.69, 9.17) is 5.11 Å². The molecule has 0 amide bonds. The van der Waals surface area contributed by atoms with Crippen molar-refractivity contribution in [3.63, 3.8) is 0 Å². The molecule has 1 heterocycles. The Hall–Kier alpha value is -2.30. The van der Waals surface area contributed by atoms with E-state index >= 15 is 0 Å². The van der Waals surface area contributed by atoms with Crippen molar-refractivity contribution in [2.75, 3.05) is 5.32 Å². The molecule has 0 aliphatic carbocycles. The molecule has 0 saturated heterocycles. The van der Waals surface area contributed by atoms with Gasteiger partial charge in [-0.15, -0.1) is 0 Å². The minimum Gasteiger partial charge on any atom is -0.478 e. The average molecular weight is 273 g/mol. The summed E-state index contributed by atoms with van der Waals surface area (Å²) in [5.74, 6) is 0.0469. The lowest BCUT2D eigenvalue weighted by Gasteiger charge is -2.12. The van der Waals surface area contributed by atoms with E-state index in [2.05, 4.69) is 21.8 Å². The van der Waals surface area contributed by atoms with Crippen LogP contribution in [0.25, 0.3) is 0 Å². The summed E-state index contributed by atoms with van der Waals surface area (Å²) in [4.78, 5) is 15.4. The number of anilines is 1. The lowest BCUT2D eigenvalue weighted by Crippen LogP contribution is -2.10. The fourth-order valence-corrected chi connectivity index (χ4v) is 2.18. The van der Waals surface area contributed by atoms with Crippen LogP contribution in [0.1, 0.15) is 35.1 Å². The number of hydrogen-bond donors (Lipinski definition) is 2. The molecule has 0 atom stereocenters. The molecular formula is C15H19N3O2. The summed E-state index contributed by atoms with van der Waals surface area (Å²) < 4.78 is 2.10. The molecule has 2 aromatic rings. The lowest BCUT2D eigenvalue weighted by atomic mass is 10.1. The number of carboxylic acids is 1. The molecule has 5 heteroatoms. The molecule has 0 saturated carbocycles. The van der Waals surface area contributed by atoms with E-state index in [0.29, 0.717) is 12.1 Å². The Kier molecular flexibility index (Phi) is 4.40. The number of carbonyl (C=O) groups is 1. The summed E-state index contributed by atoms with van der Waals surface area (Å²) in [6, 6.07) is 5.24. The normalized spacial score (nSPS) is 10.5. The minimum absolute atomic E-state index is 0.326. The highest BCUT2D eigenvalue weighted by atomic mass is 16.4. The highest BCUT2D eigenvalue weighted by Gasteiger charge is 2.10. The first kappa shape index (κ1) is 14.1. The molecule has 2 rings (SSSR count). The zero-order valence-electron chi connectivity index (χ0n) is 11.8. The molecule has 5 nitrogen and oxygen atoms in total. The minimum atomic E-state index is -0.904. The molecule has 0 radical (unpaired) electrons. The summed E-state index contributed by atoms with van der Waals surface area (Å²) in [5, 5.41) is 12.4. The van der Waals surface area contributed by atoms with Crippen molar-refractivity contribution in [3.05, 3.63) is 47.5 Å². The molecular weight excluding hydrogens is 254 g/mol. The van der Waals surface area contributed by atoms with Gasteiger partial charge in [0, 0.05) is 24.6 Å². The Balaban J connectivity index is 2.13. The predicted octanol–water partition coefficient (Wildman–Crippen LogP) is 2.91. The van der Waals surface area contributed by atoms with Crippen molar-refractivity contribution < 1.29 is 9.90 Å². The van der Waals surface area contributed by atoms with Crippen LogP contribution < -0.4 is 5.32 Å². The first-order valence-corrected chi connectivity index (χ1v) is 6.70. The molecule has 0 bridgehead atoms. The maximum Gasteiger partial charge on any atom is 0.336 e. The Labute approximate surface area is 118 Å². The van der Waals surface area contributed by atoms with Crippen molar-refractivity contribution in [2.45, 2.75) is 33.4 Å². The maximum absolute atomic E-state index is 11.1. The van der Waals surface area contributed by atoms with Gasteiger partial charge in [0.05, 0.1) is 12.1 Å². The molecule has 20 heavy (non-hydrogen) atoms. The zero-order chi connectivity index (χ0) is 14.5. The topological polar surface area (TPSA) is 67.2 Å². The van der Waals surface area contributed by atoms with Gasteiger partial charge in [-0.05, 0) is 31.0 Å². The van der Waals surface area contributed by atoms with Gasteiger partial charge in [0.25, 0.3) is 0 Å². The number of aromatic nitrogens is 2. The number of benzene rings is 1. The predicted molar refractivity (Wildman–Crippen MR) is 78.0 cm³/mol. The highest BCUT2D eigenvalue weighted by Crippen LogP contribution is 2.19. The van der Waals surface area contributed by atoms with E-state index in [-0.39, 0.29) is 0 Å². The largest absolute Gasteiger partial charge is 0.478 e. The number of hydrogen-bond acceptors (Lipinski definition) is 3. The van der Waals surface area contributed by atoms with E-state index in [1.807, 2.05) is 19.2 Å². The Morgan fingerprint density at radius 2 is 2.25 bits per heavy atom. The number of carboxylic acid groups (broad SMARTS) is 1. The number of nitrogens with zero attached hydrogens (tertiary/aromatic N) is 2. The summed E-state index contributed by atoms with van der Waals surface area (Å²) >= 11 is 0. The van der Waals surface area contributed by atoms with Crippen LogP contribution in [-0.4, -0.2) is 20.6 Å². The van der Waals surface area contributed by atoms with Crippen molar-refractivity contribution in [1.29, 1.82) is 0 Å². The molecule has 1 aromatic carbocycles. The molecule has 0 aliphatic heterocycles. The van der Waals surface area contributed by atoms with Gasteiger partial charge in [0.1, 0.15) is 5.82 Å². The van der Waals surface area contributed by atoms with Gasteiger partial charge in [-0.2, -0.15) is 0 Å². The smallest absolute Gasteiger partial charge is 0.336 e. The number of nitrogens with one attached hydrogen (secondary N) is 1. The van der Waals surface area contributed by atoms with Gasteiger partial charge in [-0.3, -0.25) is 0 Å². The van der Waals surface area contributed by atoms with Crippen LogP contribution in [-0.2, 0) is 13.1 Å². The third-order valence-corrected chi connectivity index (χ3v) is 3.27. The van der Waals surface area contributed by atoms with Crippen LogP contribution >= 0.6 is 0 Å². The Bertz CT molecular complexity index is 605. The van der Waals surface area contributed by atoms with E-state index in [1.165, 1.54) is 0 Å². The zero-order valence-corrected chi connectivity index (χ0v) is 11.8. The maximum atomic E-state index is 11.1. The first-order chi connectivity index (χ1) is 9.63. The van der Waals surface area contributed by atoms with E-state index in [0.717, 1.165) is 30.0 Å². The summed E-state index contributed by atoms with van der Waals surface area (Å²) in [6.07, 6.45) is 4.80. The van der Waals surface area contributed by atoms with Gasteiger partial charge in [-0.25, -0.2) is 9.78 Å². The van der Waals surface area contributed by atoms with Crippen LogP contribution in [0.15, 0.2) is 30.6 Å². The van der Waals surface area contributed by atoms with Crippen LogP contribution in [0, 0.1) is 6.92 Å². The summed E-state index contributed by atoms with van der Waals surface area (Å²) in [5.41, 5.74) is 1.90. The summed E-state index contributed by atoms with van der Waals surface area (Å²) in [7, 11) is 0. The van der Waals surface area contributed by atoms with Crippen molar-refractivity contribution >= 4 is 11.7 Å². The number of imidazole rings is 1. The highest BCUT2D eigenvalue weighted by molar-refractivity contribution is 5.91. The van der Waals surface area contributed by atoms with Crippen LogP contribution in [0.5, 0.6) is 0 Å². The van der Waals surface area contributed by atoms with E-state index < -0.39 is 5.97 Å². The van der Waals surface area contributed by atoms with Crippen molar-refractivity contribution in [1.82, 2.24) is 9.55 Å². The third kappa shape index (κ3) is 2.99. The van der Waals surface area contributed by atoms with Gasteiger partial charge < -0.3 is 15.0 Å². The van der Waals surface area contributed by atoms with Gasteiger partial charge in [0.15, 0.2) is 0 Å². The number of rotatable bonds is 6. The molecule has 0 unspecified atom stereocenters. The Morgan fingerprint density at radius 3 is 2.95 bits per heavy atom. The summed E-state index contributed by atoms with van der Waals surface area (Å²) in [6.45, 7) is 5.45. The molecule has 106 valence electrons. The molecule has 0 aliphatic rings. The van der Waals surface area contributed by atoms with Crippen molar-refractivity contribution in [2.24, 2.45) is 0 Å². The second-order valence-electron chi connectivity index (χ2n) is 4.67. The molecule has 2 N–H and O–H groups in total. The quantitative estimate of drug-likeness (QED) is 0.849. The standard InChI is InChI=1S/C15H19N3O2/c1-3-8-18-9-7-16-14(18)10-17-13-6-4-5-12(11(13)2)15(19)20/h4-7,9,17H,3,8,10H2,1-2H3,(H,19,20). The van der Waals surface area contributed by atoms with Gasteiger partial charge in [-0.1, -0.05) is 13.0 Å². The molecule has 0 spiro atoms. The average Bonchev–Trinajstić information content (AvgIpc) is 2.85. The van der Waals surface area contributed by atoms with Crippen LogP contribution in [0.3, 0.4) is 0 Å². The second-order valence-corrected chi connectivity index (χ2v) is 4.67. The third-order valence-electron chi connectivity index (χ3n) is 3.27. The number of aromatic carboxylic acids is 1. The monoisotopic (exact) mass is 273 g/mol. The van der Waals surface area contributed by atoms with E-state index in [1.54, 1.807) is 18.3 Å². The fourth-order valence-electron chi connectivity index (χ4n) is 2.18. The van der Waals surface area contributed by atoms with Gasteiger partial charge in [0.2, 0.25) is 0 Å². The lowest BCUT2D eigenvalue weighted by molar-refractivity contribution is 0.0696. The van der Waals surface area contributed by atoms with Crippen LogP contribution in [0.4, 0.5) is 5.69 Å². The van der Waals surface area contributed by atoms with Crippen molar-refractivity contribution in [3.8, 4) is 0 Å². The van der Waals surface area contributed by atoms with Crippen LogP contribution in [0.2, 0.25) is 0 Å². The number of aryl methyl sites for hydroxylation is 1. The first-order valence-electron chi connectivity index (χ1n) is 6.70. The molecule has 1 aromatic heterocycles.